The van der Waals surface area contributed by atoms with Gasteiger partial charge in [0.1, 0.15) is 0 Å². The first-order valence-corrected chi connectivity index (χ1v) is 11.7. The van der Waals surface area contributed by atoms with Crippen LogP contribution in [0.15, 0.2) is 30.6 Å². The number of aromatic nitrogens is 2. The summed E-state index contributed by atoms with van der Waals surface area (Å²) in [5, 5.41) is 13.8. The average molecular weight is 443 g/mol. The monoisotopic (exact) mass is 442 g/mol. The van der Waals surface area contributed by atoms with Gasteiger partial charge in [-0.3, -0.25) is 0 Å². The second-order valence-electron chi connectivity index (χ2n) is 9.14. The van der Waals surface area contributed by atoms with Crippen LogP contribution in [-0.2, 0) is 4.74 Å². The predicted molar refractivity (Wildman–Crippen MR) is 129 cm³/mol. The van der Waals surface area contributed by atoms with Crippen LogP contribution in [0, 0.1) is 0 Å². The Bertz CT molecular complexity index is 845. The van der Waals surface area contributed by atoms with E-state index >= 15 is 0 Å². The quantitative estimate of drug-likeness (QED) is 0.542. The zero-order valence-corrected chi connectivity index (χ0v) is 20.1. The van der Waals surface area contributed by atoms with Gasteiger partial charge in [-0.05, 0) is 70.6 Å². The smallest absolute Gasteiger partial charge is 0.316 e. The van der Waals surface area contributed by atoms with Crippen molar-refractivity contribution in [2.75, 3.05) is 36.6 Å². The number of nitrogens with zero attached hydrogens (tertiary/aromatic N) is 3. The Kier molecular flexibility index (Phi) is 8.32. The van der Waals surface area contributed by atoms with E-state index < -0.39 is 5.60 Å². The summed E-state index contributed by atoms with van der Waals surface area (Å²) in [6.07, 6.45) is 6.24. The highest BCUT2D eigenvalue weighted by Crippen LogP contribution is 2.36. The molecule has 32 heavy (non-hydrogen) atoms. The van der Waals surface area contributed by atoms with Gasteiger partial charge < -0.3 is 24.8 Å². The van der Waals surface area contributed by atoms with Crippen molar-refractivity contribution in [1.82, 2.24) is 9.97 Å². The van der Waals surface area contributed by atoms with E-state index in [1.54, 1.807) is 12.4 Å². The maximum absolute atomic E-state index is 10.3. The molecule has 0 saturated carbocycles. The Hall–Kier alpha value is -2.38. The van der Waals surface area contributed by atoms with Crippen LogP contribution >= 0.6 is 0 Å². The summed E-state index contributed by atoms with van der Waals surface area (Å²) in [6, 6.07) is 7.42. The lowest BCUT2D eigenvalue weighted by Crippen LogP contribution is -2.39. The summed E-state index contributed by atoms with van der Waals surface area (Å²) in [5.41, 5.74) is 3.46. The number of benzene rings is 1. The Morgan fingerprint density at radius 2 is 1.91 bits per heavy atom. The van der Waals surface area contributed by atoms with Gasteiger partial charge in [0.15, 0.2) is 0 Å². The van der Waals surface area contributed by atoms with Crippen molar-refractivity contribution in [2.45, 2.75) is 71.4 Å². The molecule has 1 aliphatic rings. The van der Waals surface area contributed by atoms with Crippen LogP contribution in [0.3, 0.4) is 0 Å². The van der Waals surface area contributed by atoms with Crippen LogP contribution in [0.2, 0.25) is 0 Å². The number of anilines is 3. The molecule has 0 aliphatic carbocycles. The number of ether oxygens (including phenoxy) is 2. The van der Waals surface area contributed by atoms with Crippen LogP contribution in [0.4, 0.5) is 17.1 Å². The highest BCUT2D eigenvalue weighted by molar-refractivity contribution is 5.76. The Balaban J connectivity index is 1.93. The van der Waals surface area contributed by atoms with Gasteiger partial charge in [0.2, 0.25) is 0 Å². The lowest BCUT2D eigenvalue weighted by molar-refractivity contribution is 0.0647. The van der Waals surface area contributed by atoms with Crippen molar-refractivity contribution in [2.24, 2.45) is 0 Å². The molecule has 1 aromatic heterocycles. The first-order valence-electron chi connectivity index (χ1n) is 11.7. The average Bonchev–Trinajstić information content (AvgIpc) is 2.76. The fourth-order valence-corrected chi connectivity index (χ4v) is 4.44. The third-order valence-electron chi connectivity index (χ3n) is 5.86. The fraction of sp³-hybridized carbons (Fsp3) is 0.600. The van der Waals surface area contributed by atoms with E-state index in [1.807, 2.05) is 20.8 Å². The van der Waals surface area contributed by atoms with Gasteiger partial charge >= 0.3 is 6.01 Å². The predicted octanol–water partition coefficient (Wildman–Crippen LogP) is 4.89. The molecule has 1 aromatic carbocycles. The first kappa shape index (κ1) is 24.3. The summed E-state index contributed by atoms with van der Waals surface area (Å²) in [6.45, 7) is 13.0. The molecule has 1 aliphatic heterocycles. The molecule has 1 fully saturated rings. The summed E-state index contributed by atoms with van der Waals surface area (Å²) in [5.74, 6) is 0.222. The molecule has 3 rings (SSSR count). The SMILES string of the molecule is CCOc1ncc(Nc2cc([C@@H](C)CC(C)(C)O)ccc2N(CC)C2CCOCC2)cn1. The van der Waals surface area contributed by atoms with Gasteiger partial charge in [-0.2, -0.15) is 0 Å². The normalized spacial score (nSPS) is 15.9. The molecular formula is C25H38N4O3. The lowest BCUT2D eigenvalue weighted by atomic mass is 9.89. The van der Waals surface area contributed by atoms with Crippen molar-refractivity contribution < 1.29 is 14.6 Å². The van der Waals surface area contributed by atoms with Crippen LogP contribution in [0.1, 0.15) is 65.4 Å². The fourth-order valence-electron chi connectivity index (χ4n) is 4.44. The largest absolute Gasteiger partial charge is 0.464 e. The minimum absolute atomic E-state index is 0.222. The zero-order valence-electron chi connectivity index (χ0n) is 20.1. The Labute approximate surface area is 192 Å². The Morgan fingerprint density at radius 1 is 1.22 bits per heavy atom. The molecule has 2 N–H and O–H groups in total. The number of aliphatic hydroxyl groups is 1. The number of hydrogen-bond acceptors (Lipinski definition) is 7. The molecule has 2 heterocycles. The maximum atomic E-state index is 10.3. The molecule has 7 nitrogen and oxygen atoms in total. The highest BCUT2D eigenvalue weighted by Gasteiger charge is 2.24. The van der Waals surface area contributed by atoms with Gasteiger partial charge in [-0.25, -0.2) is 9.97 Å². The molecule has 0 spiro atoms. The van der Waals surface area contributed by atoms with Crippen molar-refractivity contribution in [3.05, 3.63) is 36.2 Å². The summed E-state index contributed by atoms with van der Waals surface area (Å²) < 4.78 is 11.0. The second-order valence-corrected chi connectivity index (χ2v) is 9.14. The van der Waals surface area contributed by atoms with E-state index in [2.05, 4.69) is 52.2 Å². The third-order valence-corrected chi connectivity index (χ3v) is 5.86. The molecule has 0 amide bonds. The number of hydrogen-bond donors (Lipinski definition) is 2. The van der Waals surface area contributed by atoms with Crippen LogP contribution in [0.5, 0.6) is 6.01 Å². The van der Waals surface area contributed by atoms with E-state index in [-0.39, 0.29) is 5.92 Å². The molecule has 0 bridgehead atoms. The topological polar surface area (TPSA) is 79.7 Å². The van der Waals surface area contributed by atoms with E-state index in [9.17, 15) is 5.11 Å². The van der Waals surface area contributed by atoms with Crippen molar-refractivity contribution in [3.8, 4) is 6.01 Å². The van der Waals surface area contributed by atoms with Gasteiger partial charge in [0.25, 0.3) is 0 Å². The van der Waals surface area contributed by atoms with Crippen molar-refractivity contribution >= 4 is 17.1 Å². The van der Waals surface area contributed by atoms with Crippen LogP contribution in [-0.4, -0.2) is 53.1 Å². The molecule has 176 valence electrons. The lowest BCUT2D eigenvalue weighted by Gasteiger charge is -2.37. The van der Waals surface area contributed by atoms with Gasteiger partial charge in [-0.1, -0.05) is 13.0 Å². The molecule has 0 unspecified atom stereocenters. The molecule has 1 saturated heterocycles. The van der Waals surface area contributed by atoms with Gasteiger partial charge in [0.05, 0.1) is 41.7 Å². The van der Waals surface area contributed by atoms with E-state index in [0.717, 1.165) is 49.7 Å². The highest BCUT2D eigenvalue weighted by atomic mass is 16.5. The zero-order chi connectivity index (χ0) is 23.1. The molecule has 0 radical (unpaired) electrons. The van der Waals surface area contributed by atoms with E-state index in [4.69, 9.17) is 9.47 Å². The van der Waals surface area contributed by atoms with Crippen LogP contribution < -0.4 is 15.0 Å². The molecular weight excluding hydrogens is 404 g/mol. The Morgan fingerprint density at radius 3 is 2.50 bits per heavy atom. The molecule has 1 atom stereocenters. The summed E-state index contributed by atoms with van der Waals surface area (Å²) in [7, 11) is 0. The second kappa shape index (κ2) is 11.0. The first-order chi connectivity index (χ1) is 15.3. The minimum Gasteiger partial charge on any atom is -0.464 e. The summed E-state index contributed by atoms with van der Waals surface area (Å²) >= 11 is 0. The standard InChI is InChI=1S/C25H38N4O3/c1-6-29(21-10-12-31-13-11-21)23-9-8-19(18(3)15-25(4,5)30)14-22(23)28-20-16-26-24(27-17-20)32-7-2/h8-9,14,16-18,21,28,30H,6-7,10-13,15H2,1-5H3/t18-/m0/s1. The minimum atomic E-state index is -0.716. The van der Waals surface area contributed by atoms with E-state index in [1.165, 1.54) is 5.56 Å². The molecule has 7 heteroatoms. The third kappa shape index (κ3) is 6.56. The van der Waals surface area contributed by atoms with Gasteiger partial charge in [-0.15, -0.1) is 0 Å². The number of rotatable bonds is 10. The van der Waals surface area contributed by atoms with Crippen molar-refractivity contribution in [3.63, 3.8) is 0 Å². The maximum Gasteiger partial charge on any atom is 0.316 e. The molecule has 2 aromatic rings. The number of nitrogens with one attached hydrogen (secondary N) is 1. The van der Waals surface area contributed by atoms with E-state index in [0.29, 0.717) is 25.1 Å². The van der Waals surface area contributed by atoms with Gasteiger partial charge in [0, 0.05) is 25.8 Å². The van der Waals surface area contributed by atoms with Crippen molar-refractivity contribution in [1.29, 1.82) is 0 Å². The summed E-state index contributed by atoms with van der Waals surface area (Å²) in [4.78, 5) is 11.1. The van der Waals surface area contributed by atoms with Crippen LogP contribution in [0.25, 0.3) is 0 Å².